The number of methoxy groups -OCH3 is 1. The number of hydrogen-bond donors (Lipinski definition) is 0. The van der Waals surface area contributed by atoms with E-state index in [-0.39, 0.29) is 12.2 Å². The molecule has 0 spiro atoms. The summed E-state index contributed by atoms with van der Waals surface area (Å²) in [7, 11) is 1.23. The zero-order chi connectivity index (χ0) is 25.2. The number of rotatable bonds is 6. The quantitative estimate of drug-likeness (QED) is 0.349. The van der Waals surface area contributed by atoms with Gasteiger partial charge in [0.25, 0.3) is 0 Å². The molecule has 5 heteroatoms. The maximum atomic E-state index is 6.51. The van der Waals surface area contributed by atoms with Crippen molar-refractivity contribution in [3.63, 3.8) is 0 Å². The van der Waals surface area contributed by atoms with Crippen molar-refractivity contribution < 1.29 is 18.8 Å². The van der Waals surface area contributed by atoms with Crippen LogP contribution in [0.15, 0.2) is 12.1 Å². The van der Waals surface area contributed by atoms with Crippen LogP contribution in [0.2, 0.25) is 0 Å². The molecule has 3 aliphatic rings. The fourth-order valence-corrected chi connectivity index (χ4v) is 7.86. The van der Waals surface area contributed by atoms with E-state index in [4.69, 9.17) is 18.8 Å². The Balaban J connectivity index is 1.83. The molecule has 2 saturated carbocycles. The normalized spacial score (nSPS) is 33.7. The Kier molecular flexibility index (Phi) is 6.53. The zero-order valence-electron chi connectivity index (χ0n) is 23.4. The largest absolute Gasteiger partial charge is 0.498 e. The highest BCUT2D eigenvalue weighted by Gasteiger charge is 2.55. The van der Waals surface area contributed by atoms with Crippen LogP contribution in [-0.2, 0) is 19.5 Å². The van der Waals surface area contributed by atoms with Crippen LogP contribution in [0.1, 0.15) is 105 Å². The molecule has 1 aliphatic heterocycles. The second-order valence-electron chi connectivity index (χ2n) is 13.8. The van der Waals surface area contributed by atoms with Crippen LogP contribution in [0.25, 0.3) is 0 Å². The van der Waals surface area contributed by atoms with E-state index in [9.17, 15) is 0 Å². The summed E-state index contributed by atoms with van der Waals surface area (Å²) in [4.78, 5) is 0. The van der Waals surface area contributed by atoms with Crippen LogP contribution >= 0.6 is 0 Å². The van der Waals surface area contributed by atoms with E-state index < -0.39 is 18.3 Å². The monoisotopic (exact) mass is 470 g/mol. The maximum absolute atomic E-state index is 6.51. The van der Waals surface area contributed by atoms with Gasteiger partial charge in [0.05, 0.1) is 11.2 Å². The Morgan fingerprint density at radius 2 is 1.59 bits per heavy atom. The Labute approximate surface area is 208 Å². The first kappa shape index (κ1) is 26.0. The molecule has 0 radical (unpaired) electrons. The van der Waals surface area contributed by atoms with Crippen LogP contribution in [0.3, 0.4) is 0 Å². The second-order valence-corrected chi connectivity index (χ2v) is 13.8. The molecular weight excluding hydrogens is 423 g/mol. The van der Waals surface area contributed by atoms with Gasteiger partial charge in [-0.1, -0.05) is 45.4 Å². The molecule has 3 unspecified atom stereocenters. The Bertz CT molecular complexity index is 905. The molecule has 2 aliphatic carbocycles. The summed E-state index contributed by atoms with van der Waals surface area (Å²) in [5.74, 6) is 1.66. The van der Waals surface area contributed by atoms with Gasteiger partial charge in [0.1, 0.15) is 5.75 Å². The summed E-state index contributed by atoms with van der Waals surface area (Å²) in [6.07, 6.45) is 7.48. The highest BCUT2D eigenvalue weighted by Crippen LogP contribution is 2.62. The second kappa shape index (κ2) is 8.52. The fourth-order valence-electron chi connectivity index (χ4n) is 7.86. The molecule has 190 valence electrons. The van der Waals surface area contributed by atoms with Crippen LogP contribution in [-0.4, -0.2) is 32.2 Å². The van der Waals surface area contributed by atoms with Crippen LogP contribution < -0.4 is 10.2 Å². The van der Waals surface area contributed by atoms with Gasteiger partial charge in [-0.2, -0.15) is 0 Å². The molecule has 4 rings (SSSR count). The van der Waals surface area contributed by atoms with Crippen molar-refractivity contribution in [3.8, 4) is 5.75 Å². The van der Waals surface area contributed by atoms with Gasteiger partial charge in [-0.3, -0.25) is 0 Å². The molecule has 1 aromatic rings. The molecule has 4 nitrogen and oxygen atoms in total. The van der Waals surface area contributed by atoms with Crippen molar-refractivity contribution >= 4 is 12.6 Å². The van der Waals surface area contributed by atoms with E-state index in [0.29, 0.717) is 10.8 Å². The van der Waals surface area contributed by atoms with E-state index in [1.54, 1.807) is 7.11 Å². The lowest BCUT2D eigenvalue weighted by atomic mass is 9.47. The molecule has 2 bridgehead atoms. The van der Waals surface area contributed by atoms with Crippen LogP contribution in [0.5, 0.6) is 5.75 Å². The molecule has 0 N–H and O–H groups in total. The molecule has 1 saturated heterocycles. The smallest absolute Gasteiger partial charge is 0.468 e. The van der Waals surface area contributed by atoms with Gasteiger partial charge in [-0.05, 0) is 95.3 Å². The van der Waals surface area contributed by atoms with Gasteiger partial charge >= 0.3 is 7.12 Å². The molecule has 1 heterocycles. The molecule has 34 heavy (non-hydrogen) atoms. The summed E-state index contributed by atoms with van der Waals surface area (Å²) in [5.41, 5.74) is 3.63. The minimum Gasteiger partial charge on any atom is -0.468 e. The topological polar surface area (TPSA) is 36.9 Å². The number of aryl methyl sites for hydroxylation is 1. The predicted molar refractivity (Wildman–Crippen MR) is 140 cm³/mol. The van der Waals surface area contributed by atoms with Crippen LogP contribution in [0.4, 0.5) is 0 Å². The van der Waals surface area contributed by atoms with Gasteiger partial charge in [0.15, 0.2) is 6.79 Å². The van der Waals surface area contributed by atoms with Crippen LogP contribution in [0, 0.1) is 23.7 Å². The maximum Gasteiger partial charge on any atom is 0.498 e. The predicted octanol–water partition coefficient (Wildman–Crippen LogP) is 6.55. The number of hydrogen-bond acceptors (Lipinski definition) is 4. The van der Waals surface area contributed by atoms with Crippen molar-refractivity contribution in [1.29, 1.82) is 0 Å². The number of fused-ring (bicyclic) bond motifs is 2. The van der Waals surface area contributed by atoms with Gasteiger partial charge in [-0.15, -0.1) is 0 Å². The summed E-state index contributed by atoms with van der Waals surface area (Å²) < 4.78 is 24.8. The number of ether oxygens (including phenoxy) is 2. The lowest BCUT2D eigenvalue weighted by molar-refractivity contribution is -0.0284. The summed E-state index contributed by atoms with van der Waals surface area (Å²) in [6, 6.07) is 4.56. The lowest BCUT2D eigenvalue weighted by Crippen LogP contribution is -2.48. The van der Waals surface area contributed by atoms with Gasteiger partial charge in [-0.25, -0.2) is 0 Å². The van der Waals surface area contributed by atoms with Gasteiger partial charge < -0.3 is 18.8 Å². The molecule has 3 fully saturated rings. The highest BCUT2D eigenvalue weighted by atomic mass is 16.7. The Morgan fingerprint density at radius 3 is 2.15 bits per heavy atom. The third-order valence-corrected chi connectivity index (χ3v) is 9.31. The molecule has 0 aromatic heterocycles. The Morgan fingerprint density at radius 1 is 0.941 bits per heavy atom. The molecule has 1 aromatic carbocycles. The van der Waals surface area contributed by atoms with E-state index in [1.807, 2.05) is 0 Å². The standard InChI is InChI=1S/C29H47BO4/c1-11-29(16-21-14-25(3,4)17-28(9,15-21)18-29)22-12-20(2)13-23(24(22)32-19-31-10)30-33-26(5,6)27(7,8)34-30/h12-13,21H,11,14-19H2,1-10H3. The number of benzene rings is 1. The minimum absolute atomic E-state index is 0.0850. The third kappa shape index (κ3) is 4.57. The van der Waals surface area contributed by atoms with E-state index >= 15 is 0 Å². The van der Waals surface area contributed by atoms with E-state index in [0.717, 1.165) is 23.6 Å². The first-order chi connectivity index (χ1) is 15.6. The fraction of sp³-hybridized carbons (Fsp3) is 0.793. The van der Waals surface area contributed by atoms with Crippen molar-refractivity contribution in [2.45, 2.75) is 117 Å². The van der Waals surface area contributed by atoms with Gasteiger partial charge in [0.2, 0.25) is 0 Å². The Hall–Kier alpha value is -1.04. The average Bonchev–Trinajstić information content (AvgIpc) is 2.90. The van der Waals surface area contributed by atoms with E-state index in [1.165, 1.54) is 43.2 Å². The molecular formula is C29H47BO4. The summed E-state index contributed by atoms with van der Waals surface area (Å²) in [5, 5.41) is 0. The SMILES string of the molecule is CCC1(c2cc(C)cc(B3OC(C)(C)C(C)(C)O3)c2OCOC)CC2CC(C)(C)CC(C)(C2)C1. The molecule has 3 atom stereocenters. The summed E-state index contributed by atoms with van der Waals surface area (Å²) in [6.45, 7) is 20.7. The first-order valence-corrected chi connectivity index (χ1v) is 13.3. The zero-order valence-corrected chi connectivity index (χ0v) is 23.4. The van der Waals surface area contributed by atoms with Crippen molar-refractivity contribution in [1.82, 2.24) is 0 Å². The third-order valence-electron chi connectivity index (χ3n) is 9.31. The lowest BCUT2D eigenvalue weighted by Gasteiger charge is -2.57. The highest BCUT2D eigenvalue weighted by molar-refractivity contribution is 6.63. The first-order valence-electron chi connectivity index (χ1n) is 13.3. The van der Waals surface area contributed by atoms with Crippen molar-refractivity contribution in [2.24, 2.45) is 16.7 Å². The average molecular weight is 471 g/mol. The van der Waals surface area contributed by atoms with E-state index in [2.05, 4.69) is 74.4 Å². The minimum atomic E-state index is -0.456. The molecule has 0 amide bonds. The van der Waals surface area contributed by atoms with Crippen molar-refractivity contribution in [3.05, 3.63) is 23.3 Å². The van der Waals surface area contributed by atoms with Crippen molar-refractivity contribution in [2.75, 3.05) is 13.9 Å². The summed E-state index contributed by atoms with van der Waals surface area (Å²) >= 11 is 0. The van der Waals surface area contributed by atoms with Gasteiger partial charge in [0, 0.05) is 18.1 Å².